The lowest BCUT2D eigenvalue weighted by atomic mass is 10.3. The highest BCUT2D eigenvalue weighted by atomic mass is 35.5. The molecular formula is C12H16ClN3OS. The van der Waals surface area contributed by atoms with E-state index in [1.165, 1.54) is 4.88 Å². The summed E-state index contributed by atoms with van der Waals surface area (Å²) in [4.78, 5) is 12.8. The summed E-state index contributed by atoms with van der Waals surface area (Å²) in [5.74, 6) is 0.842. The Morgan fingerprint density at radius 1 is 1.44 bits per heavy atom. The van der Waals surface area contributed by atoms with Crippen LogP contribution in [0, 0.1) is 0 Å². The predicted octanol–water partition coefficient (Wildman–Crippen LogP) is 2.73. The molecule has 0 aromatic carbocycles. The first-order valence-corrected chi connectivity index (χ1v) is 7.13. The van der Waals surface area contributed by atoms with E-state index in [0.29, 0.717) is 6.42 Å². The Labute approximate surface area is 115 Å². The van der Waals surface area contributed by atoms with Crippen LogP contribution in [0.2, 0.25) is 5.28 Å². The number of hydrogen-bond donors (Lipinski definition) is 1. The van der Waals surface area contributed by atoms with E-state index >= 15 is 0 Å². The minimum atomic E-state index is 0.177. The van der Waals surface area contributed by atoms with E-state index in [0.717, 1.165) is 29.0 Å². The Balaban J connectivity index is 2.44. The standard InChI is InChI=1S/C12H16ClN3OS/c1-3-8-7-9-10(16(2)5-4-6-17)14-12(13)15-11(9)18-8/h7,17H,3-6H2,1-2H3. The average molecular weight is 286 g/mol. The van der Waals surface area contributed by atoms with Gasteiger partial charge in [0.15, 0.2) is 0 Å². The Hall–Kier alpha value is -0.910. The van der Waals surface area contributed by atoms with Crippen molar-refractivity contribution in [3.05, 3.63) is 16.2 Å². The Morgan fingerprint density at radius 3 is 2.89 bits per heavy atom. The van der Waals surface area contributed by atoms with Gasteiger partial charge in [-0.05, 0) is 30.5 Å². The minimum Gasteiger partial charge on any atom is -0.396 e. The van der Waals surface area contributed by atoms with Crippen LogP contribution in [-0.4, -0.2) is 35.3 Å². The number of thiophene rings is 1. The molecule has 0 aliphatic rings. The van der Waals surface area contributed by atoms with Crippen molar-refractivity contribution in [2.75, 3.05) is 25.1 Å². The molecule has 0 bridgehead atoms. The summed E-state index contributed by atoms with van der Waals surface area (Å²) in [7, 11) is 1.96. The predicted molar refractivity (Wildman–Crippen MR) is 76.8 cm³/mol. The molecule has 2 aromatic rings. The average Bonchev–Trinajstić information content (AvgIpc) is 2.77. The van der Waals surface area contributed by atoms with E-state index in [2.05, 4.69) is 23.0 Å². The van der Waals surface area contributed by atoms with Crippen LogP contribution in [0.1, 0.15) is 18.2 Å². The molecule has 6 heteroatoms. The summed E-state index contributed by atoms with van der Waals surface area (Å²) in [6, 6.07) is 2.13. The van der Waals surface area contributed by atoms with Crippen LogP contribution in [0.15, 0.2) is 6.07 Å². The lowest BCUT2D eigenvalue weighted by molar-refractivity contribution is 0.290. The molecule has 0 atom stereocenters. The van der Waals surface area contributed by atoms with Crippen LogP contribution >= 0.6 is 22.9 Å². The molecule has 98 valence electrons. The number of aliphatic hydroxyl groups is 1. The monoisotopic (exact) mass is 285 g/mol. The maximum absolute atomic E-state index is 8.89. The zero-order valence-corrected chi connectivity index (χ0v) is 12.1. The summed E-state index contributed by atoms with van der Waals surface area (Å²) < 4.78 is 0. The zero-order valence-electron chi connectivity index (χ0n) is 10.5. The van der Waals surface area contributed by atoms with Gasteiger partial charge in [0, 0.05) is 25.1 Å². The molecule has 4 nitrogen and oxygen atoms in total. The van der Waals surface area contributed by atoms with Crippen molar-refractivity contribution in [1.29, 1.82) is 0 Å². The van der Waals surface area contributed by atoms with Gasteiger partial charge in [-0.1, -0.05) is 6.92 Å². The van der Waals surface area contributed by atoms with Gasteiger partial charge in [-0.15, -0.1) is 11.3 Å². The van der Waals surface area contributed by atoms with E-state index in [4.69, 9.17) is 16.7 Å². The van der Waals surface area contributed by atoms with Crippen molar-refractivity contribution in [1.82, 2.24) is 9.97 Å². The molecular weight excluding hydrogens is 270 g/mol. The van der Waals surface area contributed by atoms with Gasteiger partial charge in [0.05, 0.1) is 5.39 Å². The largest absolute Gasteiger partial charge is 0.396 e. The van der Waals surface area contributed by atoms with Gasteiger partial charge >= 0.3 is 0 Å². The molecule has 2 heterocycles. The summed E-state index contributed by atoms with van der Waals surface area (Å²) in [5, 5.41) is 10.2. The van der Waals surface area contributed by atoms with E-state index < -0.39 is 0 Å². The third-order valence-corrected chi connectivity index (χ3v) is 4.10. The second kappa shape index (κ2) is 5.82. The van der Waals surface area contributed by atoms with Gasteiger partial charge < -0.3 is 10.0 Å². The molecule has 1 N–H and O–H groups in total. The molecule has 2 rings (SSSR count). The summed E-state index contributed by atoms with van der Waals surface area (Å²) >= 11 is 7.62. The fraction of sp³-hybridized carbons (Fsp3) is 0.500. The smallest absolute Gasteiger partial charge is 0.225 e. The van der Waals surface area contributed by atoms with Crippen molar-refractivity contribution < 1.29 is 5.11 Å². The maximum Gasteiger partial charge on any atom is 0.225 e. The van der Waals surface area contributed by atoms with Gasteiger partial charge in [0.25, 0.3) is 0 Å². The molecule has 0 radical (unpaired) electrons. The third kappa shape index (κ3) is 2.74. The molecule has 0 spiro atoms. The molecule has 0 saturated heterocycles. The Bertz CT molecular complexity index is 543. The normalized spacial score (nSPS) is 11.1. The number of nitrogens with zero attached hydrogens (tertiary/aromatic N) is 3. The van der Waals surface area contributed by atoms with Gasteiger partial charge in [-0.25, -0.2) is 4.98 Å². The fourth-order valence-corrected chi connectivity index (χ4v) is 2.99. The van der Waals surface area contributed by atoms with E-state index in [1.807, 2.05) is 11.9 Å². The molecule has 2 aromatic heterocycles. The van der Waals surface area contributed by atoms with Crippen molar-refractivity contribution in [3.8, 4) is 0 Å². The lowest BCUT2D eigenvalue weighted by Gasteiger charge is -2.18. The van der Waals surface area contributed by atoms with Gasteiger partial charge in [-0.3, -0.25) is 0 Å². The Kier molecular flexibility index (Phi) is 4.37. The number of fused-ring (bicyclic) bond motifs is 1. The SMILES string of the molecule is CCc1cc2c(N(C)CCCO)nc(Cl)nc2s1. The van der Waals surface area contributed by atoms with E-state index in [-0.39, 0.29) is 11.9 Å². The number of aromatic nitrogens is 2. The first kappa shape index (κ1) is 13.5. The minimum absolute atomic E-state index is 0.177. The highest BCUT2D eigenvalue weighted by Crippen LogP contribution is 2.31. The Morgan fingerprint density at radius 2 is 2.22 bits per heavy atom. The molecule has 18 heavy (non-hydrogen) atoms. The highest BCUT2D eigenvalue weighted by Gasteiger charge is 2.13. The van der Waals surface area contributed by atoms with Gasteiger partial charge in [-0.2, -0.15) is 4.98 Å². The zero-order chi connectivity index (χ0) is 13.1. The number of halogens is 1. The quantitative estimate of drug-likeness (QED) is 0.858. The van der Waals surface area contributed by atoms with Crippen molar-refractivity contribution >= 4 is 39.0 Å². The third-order valence-electron chi connectivity index (χ3n) is 2.76. The molecule has 0 fully saturated rings. The van der Waals surface area contributed by atoms with Crippen LogP contribution in [0.4, 0.5) is 5.82 Å². The van der Waals surface area contributed by atoms with Crippen molar-refractivity contribution in [2.24, 2.45) is 0 Å². The topological polar surface area (TPSA) is 49.2 Å². The summed E-state index contributed by atoms with van der Waals surface area (Å²) in [5.41, 5.74) is 0. The summed E-state index contributed by atoms with van der Waals surface area (Å²) in [6.07, 6.45) is 1.70. The maximum atomic E-state index is 8.89. The van der Waals surface area contributed by atoms with Crippen LogP contribution in [0.3, 0.4) is 0 Å². The molecule has 0 saturated carbocycles. The number of rotatable bonds is 5. The fourth-order valence-electron chi connectivity index (χ4n) is 1.81. The molecule has 0 aliphatic carbocycles. The van der Waals surface area contributed by atoms with Crippen LogP contribution < -0.4 is 4.90 Å². The number of aryl methyl sites for hydroxylation is 1. The van der Waals surface area contributed by atoms with Crippen LogP contribution in [0.5, 0.6) is 0 Å². The van der Waals surface area contributed by atoms with E-state index in [9.17, 15) is 0 Å². The molecule has 0 aliphatic heterocycles. The highest BCUT2D eigenvalue weighted by molar-refractivity contribution is 7.18. The first-order valence-electron chi connectivity index (χ1n) is 5.93. The first-order chi connectivity index (χ1) is 8.65. The van der Waals surface area contributed by atoms with Gasteiger partial charge in [0.1, 0.15) is 10.6 Å². The van der Waals surface area contributed by atoms with Crippen molar-refractivity contribution in [3.63, 3.8) is 0 Å². The van der Waals surface area contributed by atoms with Crippen LogP contribution in [0.25, 0.3) is 10.2 Å². The number of hydrogen-bond acceptors (Lipinski definition) is 5. The molecule has 0 amide bonds. The van der Waals surface area contributed by atoms with Crippen molar-refractivity contribution in [2.45, 2.75) is 19.8 Å². The second-order valence-electron chi connectivity index (χ2n) is 4.10. The van der Waals surface area contributed by atoms with Gasteiger partial charge in [0.2, 0.25) is 5.28 Å². The second-order valence-corrected chi connectivity index (χ2v) is 5.55. The summed E-state index contributed by atoms with van der Waals surface area (Å²) in [6.45, 7) is 3.04. The number of anilines is 1. The number of aliphatic hydroxyl groups excluding tert-OH is 1. The van der Waals surface area contributed by atoms with E-state index in [1.54, 1.807) is 11.3 Å². The lowest BCUT2D eigenvalue weighted by Crippen LogP contribution is -2.21. The molecule has 0 unspecified atom stereocenters. The van der Waals surface area contributed by atoms with Crippen LogP contribution in [-0.2, 0) is 6.42 Å².